The van der Waals surface area contributed by atoms with Crippen molar-refractivity contribution in [2.45, 2.75) is 25.6 Å². The summed E-state index contributed by atoms with van der Waals surface area (Å²) in [5.74, 6) is -1.33. The third kappa shape index (κ3) is 4.07. The lowest BCUT2D eigenvalue weighted by molar-refractivity contribution is -0.384. The van der Waals surface area contributed by atoms with Crippen molar-refractivity contribution in [3.05, 3.63) is 38.9 Å². The van der Waals surface area contributed by atoms with E-state index < -0.39 is 17.0 Å². The molecule has 8 heteroatoms. The molecule has 0 bridgehead atoms. The number of piperidine rings is 1. The van der Waals surface area contributed by atoms with Gasteiger partial charge in [-0.1, -0.05) is 17.7 Å². The van der Waals surface area contributed by atoms with E-state index in [9.17, 15) is 23.3 Å². The van der Waals surface area contributed by atoms with Crippen LogP contribution in [0.2, 0.25) is 5.02 Å². The molecule has 1 fully saturated rings. The average molecular weight is 323 g/mol. The first kappa shape index (κ1) is 16.0. The molecule has 4 nitrogen and oxygen atoms in total. The number of rotatable bonds is 3. The van der Waals surface area contributed by atoms with Crippen LogP contribution in [-0.4, -0.2) is 29.1 Å². The van der Waals surface area contributed by atoms with E-state index in [2.05, 4.69) is 0 Å². The Kier molecular flexibility index (Phi) is 4.73. The molecule has 0 saturated carbocycles. The van der Waals surface area contributed by atoms with Gasteiger partial charge in [-0.15, -0.1) is 0 Å². The van der Waals surface area contributed by atoms with Gasteiger partial charge in [-0.05, 0) is 31.0 Å². The minimum absolute atomic E-state index is 0.0237. The molecular weight excluding hydrogens is 309 g/mol. The van der Waals surface area contributed by atoms with Crippen LogP contribution in [-0.2, 0) is 6.54 Å². The summed E-state index contributed by atoms with van der Waals surface area (Å²) in [6.07, 6.45) is -3.58. The number of likely N-dealkylation sites (tertiary alicyclic amines) is 1. The van der Waals surface area contributed by atoms with Gasteiger partial charge < -0.3 is 0 Å². The molecule has 1 heterocycles. The van der Waals surface area contributed by atoms with Gasteiger partial charge in [0.2, 0.25) is 0 Å². The second-order valence-corrected chi connectivity index (χ2v) is 5.57. The Labute approximate surface area is 124 Å². The molecule has 1 aromatic carbocycles. The molecule has 1 aliphatic heterocycles. The molecule has 0 spiro atoms. The monoisotopic (exact) mass is 322 g/mol. The highest BCUT2D eigenvalue weighted by atomic mass is 35.5. The largest absolute Gasteiger partial charge is 0.393 e. The average Bonchev–Trinajstić information content (AvgIpc) is 2.40. The number of nitro benzene ring substituents is 1. The van der Waals surface area contributed by atoms with Crippen molar-refractivity contribution in [2.24, 2.45) is 5.92 Å². The summed E-state index contributed by atoms with van der Waals surface area (Å²) in [4.78, 5) is 11.9. The van der Waals surface area contributed by atoms with Crippen LogP contribution >= 0.6 is 11.6 Å². The van der Waals surface area contributed by atoms with E-state index >= 15 is 0 Å². The zero-order chi connectivity index (χ0) is 15.6. The molecule has 21 heavy (non-hydrogen) atoms. The molecule has 0 N–H and O–H groups in total. The quantitative estimate of drug-likeness (QED) is 0.623. The molecule has 0 radical (unpaired) electrons. The Morgan fingerprint density at radius 2 is 2.14 bits per heavy atom. The van der Waals surface area contributed by atoms with Gasteiger partial charge in [0.05, 0.1) is 10.8 Å². The number of nitro groups is 1. The summed E-state index contributed by atoms with van der Waals surface area (Å²) in [5.41, 5.74) is 0.368. The van der Waals surface area contributed by atoms with Crippen LogP contribution in [0.25, 0.3) is 0 Å². The highest BCUT2D eigenvalue weighted by Gasteiger charge is 2.41. The third-order valence-corrected chi connectivity index (χ3v) is 3.90. The van der Waals surface area contributed by atoms with Crippen molar-refractivity contribution >= 4 is 17.3 Å². The topological polar surface area (TPSA) is 46.4 Å². The van der Waals surface area contributed by atoms with Gasteiger partial charge in [0, 0.05) is 19.2 Å². The fraction of sp³-hybridized carbons (Fsp3) is 0.538. The first-order valence-electron chi connectivity index (χ1n) is 6.49. The first-order valence-corrected chi connectivity index (χ1v) is 6.87. The van der Waals surface area contributed by atoms with Crippen molar-refractivity contribution < 1.29 is 18.1 Å². The van der Waals surface area contributed by atoms with Crippen molar-refractivity contribution in [2.75, 3.05) is 13.1 Å². The van der Waals surface area contributed by atoms with E-state index in [4.69, 9.17) is 11.6 Å². The molecule has 0 amide bonds. The van der Waals surface area contributed by atoms with E-state index in [0.29, 0.717) is 18.5 Å². The lowest BCUT2D eigenvalue weighted by atomic mass is 9.97. The van der Waals surface area contributed by atoms with Gasteiger partial charge in [0.1, 0.15) is 5.02 Å². The maximum atomic E-state index is 12.7. The second kappa shape index (κ2) is 6.19. The molecular formula is C13H14ClF3N2O2. The van der Waals surface area contributed by atoms with E-state index in [1.807, 2.05) is 0 Å². The zero-order valence-electron chi connectivity index (χ0n) is 11.1. The minimum atomic E-state index is -4.19. The third-order valence-electron chi connectivity index (χ3n) is 3.58. The van der Waals surface area contributed by atoms with Gasteiger partial charge >= 0.3 is 6.18 Å². The second-order valence-electron chi connectivity index (χ2n) is 5.16. The number of hydrogen-bond acceptors (Lipinski definition) is 3. The fourth-order valence-electron chi connectivity index (χ4n) is 2.52. The lowest BCUT2D eigenvalue weighted by Gasteiger charge is -2.33. The molecule has 2 rings (SSSR count). The molecule has 116 valence electrons. The maximum absolute atomic E-state index is 12.7. The number of halogens is 4. The van der Waals surface area contributed by atoms with Gasteiger partial charge in [-0.2, -0.15) is 13.2 Å². The van der Waals surface area contributed by atoms with Gasteiger partial charge in [-0.3, -0.25) is 15.0 Å². The first-order chi connectivity index (χ1) is 9.77. The summed E-state index contributed by atoms with van der Waals surface area (Å²) in [5, 5.41) is 10.8. The summed E-state index contributed by atoms with van der Waals surface area (Å²) >= 11 is 5.71. The van der Waals surface area contributed by atoms with Crippen LogP contribution in [0.5, 0.6) is 0 Å². The molecule has 0 aliphatic carbocycles. The molecule has 1 unspecified atom stereocenters. The van der Waals surface area contributed by atoms with E-state index in [1.165, 1.54) is 12.1 Å². The Morgan fingerprint density at radius 1 is 1.43 bits per heavy atom. The zero-order valence-corrected chi connectivity index (χ0v) is 11.8. The minimum Gasteiger partial charge on any atom is -0.298 e. The van der Waals surface area contributed by atoms with Crippen molar-refractivity contribution in [3.63, 3.8) is 0 Å². The van der Waals surface area contributed by atoms with Crippen LogP contribution in [0.3, 0.4) is 0 Å². The predicted molar refractivity (Wildman–Crippen MR) is 72.2 cm³/mol. The van der Waals surface area contributed by atoms with Crippen LogP contribution in [0, 0.1) is 16.0 Å². The van der Waals surface area contributed by atoms with Crippen molar-refractivity contribution in [1.29, 1.82) is 0 Å². The van der Waals surface area contributed by atoms with Gasteiger partial charge in [-0.25, -0.2) is 0 Å². The predicted octanol–water partition coefficient (Wildman–Crippen LogP) is 4.02. The summed E-state index contributed by atoms with van der Waals surface area (Å²) < 4.78 is 38.2. The SMILES string of the molecule is O=[N+]([O-])c1cc(CN2CCCC(C(F)(F)F)C2)ccc1Cl. The molecule has 1 atom stereocenters. The fourth-order valence-corrected chi connectivity index (χ4v) is 2.71. The number of hydrogen-bond donors (Lipinski definition) is 0. The molecule has 1 saturated heterocycles. The van der Waals surface area contributed by atoms with Crippen molar-refractivity contribution in [1.82, 2.24) is 4.90 Å². The highest BCUT2D eigenvalue weighted by molar-refractivity contribution is 6.32. The summed E-state index contributed by atoms with van der Waals surface area (Å²) in [7, 11) is 0. The number of nitrogens with zero attached hydrogens (tertiary/aromatic N) is 2. The van der Waals surface area contributed by atoms with Gasteiger partial charge in [0.25, 0.3) is 5.69 Å². The Balaban J connectivity index is 2.08. The van der Waals surface area contributed by atoms with E-state index in [0.717, 1.165) is 0 Å². The van der Waals surface area contributed by atoms with Gasteiger partial charge in [0.15, 0.2) is 0 Å². The molecule has 1 aliphatic rings. The molecule has 1 aromatic rings. The number of alkyl halides is 3. The number of benzene rings is 1. The lowest BCUT2D eigenvalue weighted by Crippen LogP contribution is -2.41. The Hall–Kier alpha value is -1.34. The van der Waals surface area contributed by atoms with Crippen LogP contribution in [0.15, 0.2) is 18.2 Å². The Bertz CT molecular complexity index is 537. The van der Waals surface area contributed by atoms with Crippen LogP contribution < -0.4 is 0 Å². The van der Waals surface area contributed by atoms with E-state index in [1.54, 1.807) is 11.0 Å². The molecule has 0 aromatic heterocycles. The van der Waals surface area contributed by atoms with Crippen molar-refractivity contribution in [3.8, 4) is 0 Å². The summed E-state index contributed by atoms with van der Waals surface area (Å²) in [6, 6.07) is 4.33. The smallest absolute Gasteiger partial charge is 0.298 e. The Morgan fingerprint density at radius 3 is 2.76 bits per heavy atom. The van der Waals surface area contributed by atoms with E-state index in [-0.39, 0.29) is 30.2 Å². The summed E-state index contributed by atoms with van der Waals surface area (Å²) in [6.45, 7) is 0.744. The maximum Gasteiger partial charge on any atom is 0.393 e. The normalized spacial score (nSPS) is 20.5. The standard InChI is InChI=1S/C13H14ClF3N2O2/c14-11-4-3-9(6-12(11)19(20)21)7-18-5-1-2-10(8-18)13(15,16)17/h3-4,6,10H,1-2,5,7-8H2. The van der Waals surface area contributed by atoms with Crippen LogP contribution in [0.4, 0.5) is 18.9 Å². The highest BCUT2D eigenvalue weighted by Crippen LogP contribution is 2.34. The van der Waals surface area contributed by atoms with Crippen LogP contribution in [0.1, 0.15) is 18.4 Å².